The number of ether oxygens (including phenoxy) is 1. The van der Waals surface area contributed by atoms with Crippen LogP contribution in [-0.4, -0.2) is 17.2 Å². The zero-order chi connectivity index (χ0) is 12.3. The smallest absolute Gasteiger partial charge is 0.238 e. The second-order valence-electron chi connectivity index (χ2n) is 4.07. The number of hydrogen-bond donors (Lipinski definition) is 2. The SMILES string of the molecule is CNC(C)c1cccc(Oc2cc(C)[nH]n2)c1. The molecule has 0 radical (unpaired) electrons. The van der Waals surface area contributed by atoms with Crippen molar-refractivity contribution in [1.29, 1.82) is 0 Å². The lowest BCUT2D eigenvalue weighted by molar-refractivity contribution is 0.460. The van der Waals surface area contributed by atoms with E-state index in [0.717, 1.165) is 11.4 Å². The van der Waals surface area contributed by atoms with Crippen LogP contribution < -0.4 is 10.1 Å². The summed E-state index contributed by atoms with van der Waals surface area (Å²) in [6, 6.07) is 10.2. The molecule has 1 aromatic heterocycles. The maximum atomic E-state index is 5.66. The Kier molecular flexibility index (Phi) is 3.44. The normalized spacial score (nSPS) is 12.4. The van der Waals surface area contributed by atoms with Crippen LogP contribution in [0.3, 0.4) is 0 Å². The highest BCUT2D eigenvalue weighted by Crippen LogP contribution is 2.23. The van der Waals surface area contributed by atoms with Gasteiger partial charge in [-0.25, -0.2) is 0 Å². The van der Waals surface area contributed by atoms with E-state index < -0.39 is 0 Å². The van der Waals surface area contributed by atoms with Crippen molar-refractivity contribution in [2.24, 2.45) is 0 Å². The van der Waals surface area contributed by atoms with Crippen molar-refractivity contribution in [3.8, 4) is 11.6 Å². The van der Waals surface area contributed by atoms with E-state index >= 15 is 0 Å². The Morgan fingerprint density at radius 1 is 1.35 bits per heavy atom. The largest absolute Gasteiger partial charge is 0.438 e. The first-order valence-corrected chi connectivity index (χ1v) is 5.66. The molecule has 90 valence electrons. The second-order valence-corrected chi connectivity index (χ2v) is 4.07. The van der Waals surface area contributed by atoms with Gasteiger partial charge in [0, 0.05) is 17.8 Å². The number of nitrogens with zero attached hydrogens (tertiary/aromatic N) is 1. The van der Waals surface area contributed by atoms with Crippen LogP contribution >= 0.6 is 0 Å². The molecule has 2 N–H and O–H groups in total. The van der Waals surface area contributed by atoms with Crippen LogP contribution in [0.5, 0.6) is 11.6 Å². The number of hydrogen-bond acceptors (Lipinski definition) is 3. The van der Waals surface area contributed by atoms with Crippen LogP contribution in [0.4, 0.5) is 0 Å². The molecule has 1 atom stereocenters. The van der Waals surface area contributed by atoms with Crippen molar-refractivity contribution < 1.29 is 4.74 Å². The number of benzene rings is 1. The van der Waals surface area contributed by atoms with Crippen molar-refractivity contribution in [2.75, 3.05) is 7.05 Å². The van der Waals surface area contributed by atoms with Gasteiger partial charge in [0.15, 0.2) is 0 Å². The highest BCUT2D eigenvalue weighted by molar-refractivity contribution is 5.33. The molecular formula is C13H17N3O. The van der Waals surface area contributed by atoms with Crippen LogP contribution in [0.1, 0.15) is 24.2 Å². The van der Waals surface area contributed by atoms with E-state index in [-0.39, 0.29) is 0 Å². The first-order valence-electron chi connectivity index (χ1n) is 5.66. The van der Waals surface area contributed by atoms with Crippen molar-refractivity contribution in [3.05, 3.63) is 41.6 Å². The van der Waals surface area contributed by atoms with Gasteiger partial charge in [0.05, 0.1) is 0 Å². The Hall–Kier alpha value is -1.81. The lowest BCUT2D eigenvalue weighted by Gasteiger charge is -2.11. The van der Waals surface area contributed by atoms with E-state index in [1.165, 1.54) is 5.56 Å². The molecule has 0 bridgehead atoms. The summed E-state index contributed by atoms with van der Waals surface area (Å²) in [7, 11) is 1.94. The van der Waals surface area contributed by atoms with Crippen molar-refractivity contribution >= 4 is 0 Å². The summed E-state index contributed by atoms with van der Waals surface area (Å²) in [5.74, 6) is 1.40. The molecule has 4 nitrogen and oxygen atoms in total. The maximum absolute atomic E-state index is 5.66. The molecule has 0 aliphatic heterocycles. The molecule has 2 aromatic rings. The molecule has 0 saturated carbocycles. The van der Waals surface area contributed by atoms with Gasteiger partial charge >= 0.3 is 0 Å². The number of rotatable bonds is 4. The number of H-pyrrole nitrogens is 1. The van der Waals surface area contributed by atoms with Gasteiger partial charge in [-0.05, 0) is 38.6 Å². The van der Waals surface area contributed by atoms with Gasteiger partial charge in [-0.15, -0.1) is 5.10 Å². The minimum Gasteiger partial charge on any atom is -0.438 e. The zero-order valence-electron chi connectivity index (χ0n) is 10.3. The summed E-state index contributed by atoms with van der Waals surface area (Å²) in [6.45, 7) is 4.05. The fourth-order valence-electron chi connectivity index (χ4n) is 1.58. The van der Waals surface area contributed by atoms with E-state index in [2.05, 4.69) is 28.5 Å². The predicted molar refractivity (Wildman–Crippen MR) is 67.3 cm³/mol. The Morgan fingerprint density at radius 3 is 2.82 bits per heavy atom. The molecule has 0 amide bonds. The molecule has 0 aliphatic rings. The van der Waals surface area contributed by atoms with Crippen LogP contribution in [0.2, 0.25) is 0 Å². The molecule has 1 aromatic carbocycles. The summed E-state index contributed by atoms with van der Waals surface area (Å²) >= 11 is 0. The van der Waals surface area contributed by atoms with Crippen LogP contribution in [0.15, 0.2) is 30.3 Å². The highest BCUT2D eigenvalue weighted by atomic mass is 16.5. The Balaban J connectivity index is 2.16. The van der Waals surface area contributed by atoms with E-state index in [1.807, 2.05) is 38.2 Å². The average Bonchev–Trinajstić information content (AvgIpc) is 2.74. The first kappa shape index (κ1) is 11.7. The van der Waals surface area contributed by atoms with Gasteiger partial charge in [0.2, 0.25) is 5.88 Å². The first-order chi connectivity index (χ1) is 8.19. The average molecular weight is 231 g/mol. The molecule has 1 unspecified atom stereocenters. The van der Waals surface area contributed by atoms with Gasteiger partial charge in [-0.3, -0.25) is 5.10 Å². The molecule has 0 aliphatic carbocycles. The molecule has 0 spiro atoms. The lowest BCUT2D eigenvalue weighted by Crippen LogP contribution is -2.11. The number of aryl methyl sites for hydroxylation is 1. The molecule has 0 fully saturated rings. The monoisotopic (exact) mass is 231 g/mol. The standard InChI is InChI=1S/C13H17N3O/c1-9-7-13(16-15-9)17-12-6-4-5-11(8-12)10(2)14-3/h4-8,10,14H,1-3H3,(H,15,16). The van der Waals surface area contributed by atoms with Crippen molar-refractivity contribution in [3.63, 3.8) is 0 Å². The third kappa shape index (κ3) is 2.85. The van der Waals surface area contributed by atoms with Gasteiger partial charge in [-0.1, -0.05) is 12.1 Å². The van der Waals surface area contributed by atoms with Gasteiger partial charge in [0.1, 0.15) is 5.75 Å². The Bertz CT molecular complexity index is 493. The topological polar surface area (TPSA) is 49.9 Å². The number of nitrogens with one attached hydrogen (secondary N) is 2. The molecule has 17 heavy (non-hydrogen) atoms. The third-order valence-corrected chi connectivity index (χ3v) is 2.70. The van der Waals surface area contributed by atoms with Gasteiger partial charge in [-0.2, -0.15) is 0 Å². The second kappa shape index (κ2) is 5.01. The minimum atomic E-state index is 0.305. The van der Waals surface area contributed by atoms with Gasteiger partial charge in [0.25, 0.3) is 0 Å². The summed E-state index contributed by atoms with van der Waals surface area (Å²) in [6.07, 6.45) is 0. The molecule has 1 heterocycles. The molecule has 4 heteroatoms. The zero-order valence-corrected chi connectivity index (χ0v) is 10.3. The van der Waals surface area contributed by atoms with Crippen molar-refractivity contribution in [1.82, 2.24) is 15.5 Å². The summed E-state index contributed by atoms with van der Waals surface area (Å²) < 4.78 is 5.66. The van der Waals surface area contributed by atoms with Crippen molar-refractivity contribution in [2.45, 2.75) is 19.9 Å². The lowest BCUT2D eigenvalue weighted by atomic mass is 10.1. The summed E-state index contributed by atoms with van der Waals surface area (Å²) in [4.78, 5) is 0. The van der Waals surface area contributed by atoms with Gasteiger partial charge < -0.3 is 10.1 Å². The van der Waals surface area contributed by atoms with Crippen LogP contribution in [0, 0.1) is 6.92 Å². The predicted octanol–water partition coefficient (Wildman–Crippen LogP) is 2.79. The minimum absolute atomic E-state index is 0.305. The molecule has 0 saturated heterocycles. The Morgan fingerprint density at radius 2 is 2.18 bits per heavy atom. The van der Waals surface area contributed by atoms with Crippen LogP contribution in [-0.2, 0) is 0 Å². The fourth-order valence-corrected chi connectivity index (χ4v) is 1.58. The van der Waals surface area contributed by atoms with E-state index in [9.17, 15) is 0 Å². The maximum Gasteiger partial charge on any atom is 0.238 e. The molecule has 2 rings (SSSR count). The van der Waals surface area contributed by atoms with E-state index in [0.29, 0.717) is 11.9 Å². The number of aromatic nitrogens is 2. The fraction of sp³-hybridized carbons (Fsp3) is 0.308. The highest BCUT2D eigenvalue weighted by Gasteiger charge is 2.05. The summed E-state index contributed by atoms with van der Waals surface area (Å²) in [5.41, 5.74) is 2.18. The number of aromatic amines is 1. The third-order valence-electron chi connectivity index (χ3n) is 2.70. The quantitative estimate of drug-likeness (QED) is 0.850. The molecular weight excluding hydrogens is 214 g/mol. The van der Waals surface area contributed by atoms with E-state index in [1.54, 1.807) is 0 Å². The van der Waals surface area contributed by atoms with Crippen LogP contribution in [0.25, 0.3) is 0 Å². The summed E-state index contributed by atoms with van der Waals surface area (Å²) in [5, 5.41) is 10.1. The Labute approximate surface area is 101 Å². The van der Waals surface area contributed by atoms with E-state index in [4.69, 9.17) is 4.74 Å².